The number of nitrogens with zero attached hydrogens (tertiary/aromatic N) is 2. The molecule has 0 spiro atoms. The number of hydrogen-bond acceptors (Lipinski definition) is 3. The van der Waals surface area contributed by atoms with E-state index in [0.717, 1.165) is 47.3 Å². The molecular weight excluding hydrogens is 316 g/mol. The lowest BCUT2D eigenvalue weighted by molar-refractivity contribution is 0.0249. The highest BCUT2D eigenvalue weighted by molar-refractivity contribution is 6.08. The first-order valence-corrected chi connectivity index (χ1v) is 9.12. The van der Waals surface area contributed by atoms with Gasteiger partial charge in [-0.1, -0.05) is 13.8 Å². The zero-order chi connectivity index (χ0) is 18.1. The first-order valence-electron chi connectivity index (χ1n) is 9.12. The van der Waals surface area contributed by atoms with E-state index in [9.17, 15) is 9.90 Å². The van der Waals surface area contributed by atoms with Crippen molar-refractivity contribution in [2.75, 3.05) is 20.2 Å². The van der Waals surface area contributed by atoms with Gasteiger partial charge in [0, 0.05) is 36.2 Å². The summed E-state index contributed by atoms with van der Waals surface area (Å²) < 4.78 is 7.58. The second kappa shape index (κ2) is 7.08. The molecule has 25 heavy (non-hydrogen) atoms. The number of aromatic nitrogens is 1. The Hall–Kier alpha value is -2.01. The Morgan fingerprint density at radius 1 is 1.40 bits per heavy atom. The van der Waals surface area contributed by atoms with Crippen LogP contribution in [-0.2, 0) is 6.54 Å². The number of benzene rings is 1. The lowest BCUT2D eigenvalue weighted by Crippen LogP contribution is -2.46. The zero-order valence-corrected chi connectivity index (χ0v) is 15.6. The minimum atomic E-state index is -0.448. The number of aliphatic hydroxyl groups excluding tert-OH is 1. The van der Waals surface area contributed by atoms with Crippen LogP contribution in [0.25, 0.3) is 10.9 Å². The number of methoxy groups -OCH3 is 1. The number of carbonyl (C=O) groups excluding carboxylic acids is 1. The van der Waals surface area contributed by atoms with Crippen molar-refractivity contribution in [3.05, 3.63) is 29.5 Å². The lowest BCUT2D eigenvalue weighted by Gasteiger charge is -2.34. The summed E-state index contributed by atoms with van der Waals surface area (Å²) >= 11 is 0. The molecule has 0 bridgehead atoms. The van der Waals surface area contributed by atoms with E-state index in [1.807, 2.05) is 32.0 Å². The average Bonchev–Trinajstić information content (AvgIpc) is 2.88. The second-order valence-corrected chi connectivity index (χ2v) is 7.08. The van der Waals surface area contributed by atoms with Crippen LogP contribution in [0.1, 0.15) is 42.7 Å². The smallest absolute Gasteiger partial charge is 0.256 e. The number of fused-ring (bicyclic) bond motifs is 1. The highest BCUT2D eigenvalue weighted by atomic mass is 16.5. The minimum absolute atomic E-state index is 0.0107. The van der Waals surface area contributed by atoms with E-state index < -0.39 is 6.10 Å². The van der Waals surface area contributed by atoms with Crippen LogP contribution >= 0.6 is 0 Å². The van der Waals surface area contributed by atoms with Crippen molar-refractivity contribution in [1.82, 2.24) is 9.47 Å². The number of likely N-dealkylation sites (tertiary alicyclic amines) is 1. The molecule has 3 rings (SSSR count). The number of rotatable bonds is 4. The Labute approximate surface area is 149 Å². The van der Waals surface area contributed by atoms with E-state index >= 15 is 0 Å². The molecule has 0 radical (unpaired) electrons. The molecule has 5 nitrogen and oxygen atoms in total. The third-order valence-corrected chi connectivity index (χ3v) is 5.40. The van der Waals surface area contributed by atoms with E-state index in [0.29, 0.717) is 13.1 Å². The molecule has 2 heterocycles. The highest BCUT2D eigenvalue weighted by Gasteiger charge is 2.30. The van der Waals surface area contributed by atoms with Gasteiger partial charge in [0.05, 0.1) is 18.8 Å². The number of piperidine rings is 1. The highest BCUT2D eigenvalue weighted by Crippen LogP contribution is 2.31. The topological polar surface area (TPSA) is 54.7 Å². The fourth-order valence-electron chi connectivity index (χ4n) is 3.76. The quantitative estimate of drug-likeness (QED) is 0.926. The van der Waals surface area contributed by atoms with Crippen LogP contribution in [0, 0.1) is 12.8 Å². The van der Waals surface area contributed by atoms with Gasteiger partial charge in [-0.05, 0) is 43.9 Å². The molecule has 1 N–H and O–H groups in total. The Kier molecular flexibility index (Phi) is 5.04. The molecule has 2 atom stereocenters. The van der Waals surface area contributed by atoms with Gasteiger partial charge in [-0.25, -0.2) is 0 Å². The van der Waals surface area contributed by atoms with E-state index in [2.05, 4.69) is 11.5 Å². The maximum Gasteiger partial charge on any atom is 0.256 e. The summed E-state index contributed by atoms with van der Waals surface area (Å²) in [6, 6.07) is 5.92. The molecule has 1 aromatic heterocycles. The van der Waals surface area contributed by atoms with Crippen LogP contribution in [0.15, 0.2) is 18.2 Å². The first-order chi connectivity index (χ1) is 12.0. The Morgan fingerprint density at radius 3 is 2.80 bits per heavy atom. The predicted molar refractivity (Wildman–Crippen MR) is 99.2 cm³/mol. The summed E-state index contributed by atoms with van der Waals surface area (Å²) in [7, 11) is 1.64. The van der Waals surface area contributed by atoms with Crippen molar-refractivity contribution in [2.24, 2.45) is 5.92 Å². The molecular formula is C20H28N2O3. The number of hydrogen-bond donors (Lipinski definition) is 1. The molecule has 1 fully saturated rings. The summed E-state index contributed by atoms with van der Waals surface area (Å²) in [5.41, 5.74) is 2.79. The van der Waals surface area contributed by atoms with Crippen LogP contribution in [-0.4, -0.2) is 46.8 Å². The third-order valence-electron chi connectivity index (χ3n) is 5.40. The number of aliphatic hydroxyl groups is 1. The van der Waals surface area contributed by atoms with Gasteiger partial charge in [0.15, 0.2) is 0 Å². The number of β-amino-alcohol motifs (C(OH)–C–C–N with tert-alkyl or cyclic N) is 1. The van der Waals surface area contributed by atoms with Crippen molar-refractivity contribution in [2.45, 2.75) is 46.3 Å². The molecule has 1 saturated heterocycles. The van der Waals surface area contributed by atoms with Gasteiger partial charge < -0.3 is 19.3 Å². The summed E-state index contributed by atoms with van der Waals surface area (Å²) in [5.74, 6) is 1.01. The fourth-order valence-corrected chi connectivity index (χ4v) is 3.76. The molecule has 2 aromatic rings. The molecule has 0 aliphatic carbocycles. The zero-order valence-electron chi connectivity index (χ0n) is 15.6. The summed E-state index contributed by atoms with van der Waals surface area (Å²) in [6.07, 6.45) is 1.39. The molecule has 0 unspecified atom stereocenters. The first kappa shape index (κ1) is 17.8. The van der Waals surface area contributed by atoms with Crippen LogP contribution in [0.2, 0.25) is 0 Å². The van der Waals surface area contributed by atoms with Crippen LogP contribution < -0.4 is 4.74 Å². The SMILES string of the molecule is CCCn1c(C)c(C(=O)N2CC[C@@H](C)[C@H](O)C2)c2cc(OC)ccc21. The number of ether oxygens (including phenoxy) is 1. The standard InChI is InChI=1S/C20H28N2O3/c1-5-9-22-14(3)19(16-11-15(25-4)6-7-17(16)22)20(24)21-10-8-13(2)18(23)12-21/h6-7,11,13,18,23H,5,8-10,12H2,1-4H3/t13-,18-/m1/s1. The normalized spacial score (nSPS) is 20.9. The van der Waals surface area contributed by atoms with Gasteiger partial charge in [0.2, 0.25) is 0 Å². The molecule has 1 aliphatic heterocycles. The van der Waals surface area contributed by atoms with Gasteiger partial charge in [-0.3, -0.25) is 4.79 Å². The van der Waals surface area contributed by atoms with E-state index in [1.54, 1.807) is 12.0 Å². The van der Waals surface area contributed by atoms with Crippen molar-refractivity contribution in [3.8, 4) is 5.75 Å². The monoisotopic (exact) mass is 344 g/mol. The Bertz CT molecular complexity index is 781. The van der Waals surface area contributed by atoms with E-state index in [1.165, 1.54) is 0 Å². The Balaban J connectivity index is 2.07. The molecule has 1 aromatic carbocycles. The van der Waals surface area contributed by atoms with E-state index in [-0.39, 0.29) is 11.8 Å². The molecule has 0 saturated carbocycles. The van der Waals surface area contributed by atoms with Gasteiger partial charge in [0.1, 0.15) is 5.75 Å². The Morgan fingerprint density at radius 2 is 2.16 bits per heavy atom. The largest absolute Gasteiger partial charge is 0.497 e. The fraction of sp³-hybridized carbons (Fsp3) is 0.550. The maximum atomic E-state index is 13.3. The lowest BCUT2D eigenvalue weighted by atomic mass is 9.95. The van der Waals surface area contributed by atoms with Crippen molar-refractivity contribution >= 4 is 16.8 Å². The second-order valence-electron chi connectivity index (χ2n) is 7.08. The number of amides is 1. The molecule has 5 heteroatoms. The number of carbonyl (C=O) groups is 1. The number of aryl methyl sites for hydroxylation is 1. The average molecular weight is 344 g/mol. The van der Waals surface area contributed by atoms with Gasteiger partial charge in [0.25, 0.3) is 5.91 Å². The van der Waals surface area contributed by atoms with Crippen LogP contribution in [0.4, 0.5) is 0 Å². The summed E-state index contributed by atoms with van der Waals surface area (Å²) in [5, 5.41) is 11.1. The van der Waals surface area contributed by atoms with Gasteiger partial charge in [-0.2, -0.15) is 0 Å². The van der Waals surface area contributed by atoms with E-state index in [4.69, 9.17) is 4.74 Å². The molecule has 1 aliphatic rings. The van der Waals surface area contributed by atoms with Gasteiger partial charge in [-0.15, -0.1) is 0 Å². The third kappa shape index (κ3) is 3.13. The van der Waals surface area contributed by atoms with Crippen molar-refractivity contribution in [3.63, 3.8) is 0 Å². The van der Waals surface area contributed by atoms with Crippen LogP contribution in [0.3, 0.4) is 0 Å². The van der Waals surface area contributed by atoms with Crippen LogP contribution in [0.5, 0.6) is 5.75 Å². The molecule has 136 valence electrons. The minimum Gasteiger partial charge on any atom is -0.497 e. The predicted octanol–water partition coefficient (Wildman–Crippen LogP) is 3.21. The molecule has 1 amide bonds. The van der Waals surface area contributed by atoms with Crippen molar-refractivity contribution < 1.29 is 14.6 Å². The summed E-state index contributed by atoms with van der Waals surface area (Å²) in [6.45, 7) is 8.17. The maximum absolute atomic E-state index is 13.3. The summed E-state index contributed by atoms with van der Waals surface area (Å²) in [4.78, 5) is 15.1. The van der Waals surface area contributed by atoms with Gasteiger partial charge >= 0.3 is 0 Å². The van der Waals surface area contributed by atoms with Crippen molar-refractivity contribution in [1.29, 1.82) is 0 Å².